The molecule has 0 amide bonds. The number of H-pyrrole nitrogens is 1. The number of aromatic amines is 1. The molecule has 0 fully saturated rings. The molecule has 0 saturated carbocycles. The Balaban J connectivity index is 1.81. The van der Waals surface area contributed by atoms with Crippen molar-refractivity contribution in [1.29, 1.82) is 0 Å². The van der Waals surface area contributed by atoms with Crippen molar-refractivity contribution in [2.45, 2.75) is 25.7 Å². The van der Waals surface area contributed by atoms with E-state index in [0.717, 1.165) is 10.4 Å². The molecule has 162 valence electrons. The molecule has 0 aliphatic heterocycles. The van der Waals surface area contributed by atoms with Gasteiger partial charge in [0.2, 0.25) is 0 Å². The summed E-state index contributed by atoms with van der Waals surface area (Å²) in [5.41, 5.74) is 1.96. The summed E-state index contributed by atoms with van der Waals surface area (Å²) in [6.45, 7) is 4.77. The lowest BCUT2D eigenvalue weighted by Gasteiger charge is -2.20. The fourth-order valence-electron chi connectivity index (χ4n) is 3.30. The Hall–Kier alpha value is -3.46. The standard InChI is InChI=1S/C22H21FN2O5S/c1-13-20(15(3)26)14(2)24-21(13)22(27)30-17-11-9-16(10-12-17)25(4)31(28,29)19-8-6-5-7-18(19)23/h5-12,24H,1-4H3. The number of hydrogen-bond donors (Lipinski definition) is 1. The fraction of sp³-hybridized carbons (Fsp3) is 0.182. The number of anilines is 1. The number of aromatic nitrogens is 1. The van der Waals surface area contributed by atoms with E-state index in [1.165, 1.54) is 56.4 Å². The van der Waals surface area contributed by atoms with Crippen molar-refractivity contribution in [3.8, 4) is 5.75 Å². The highest BCUT2D eigenvalue weighted by Crippen LogP contribution is 2.26. The predicted octanol–water partition coefficient (Wildman–Crippen LogP) is 4.02. The molecule has 1 aromatic heterocycles. The molecule has 1 N–H and O–H groups in total. The van der Waals surface area contributed by atoms with Crippen molar-refractivity contribution in [3.63, 3.8) is 0 Å². The number of benzene rings is 2. The highest BCUT2D eigenvalue weighted by molar-refractivity contribution is 7.92. The first kappa shape index (κ1) is 22.2. The summed E-state index contributed by atoms with van der Waals surface area (Å²) in [6, 6.07) is 10.8. The van der Waals surface area contributed by atoms with Crippen molar-refractivity contribution in [2.75, 3.05) is 11.4 Å². The summed E-state index contributed by atoms with van der Waals surface area (Å²) in [6.07, 6.45) is 0. The number of nitrogens with one attached hydrogen (secondary N) is 1. The van der Waals surface area contributed by atoms with E-state index in [-0.39, 0.29) is 22.9 Å². The summed E-state index contributed by atoms with van der Waals surface area (Å²) < 4.78 is 45.6. The van der Waals surface area contributed by atoms with Crippen LogP contribution in [-0.4, -0.2) is 32.2 Å². The average Bonchev–Trinajstić information content (AvgIpc) is 3.02. The fourth-order valence-corrected chi connectivity index (χ4v) is 4.56. The third-order valence-electron chi connectivity index (χ3n) is 4.88. The van der Waals surface area contributed by atoms with Gasteiger partial charge in [-0.1, -0.05) is 12.1 Å². The molecule has 3 rings (SSSR count). The van der Waals surface area contributed by atoms with Crippen LogP contribution in [0.2, 0.25) is 0 Å². The summed E-state index contributed by atoms with van der Waals surface area (Å²) >= 11 is 0. The highest BCUT2D eigenvalue weighted by atomic mass is 32.2. The maximum absolute atomic E-state index is 14.0. The van der Waals surface area contributed by atoms with Gasteiger partial charge in [-0.25, -0.2) is 17.6 Å². The number of ether oxygens (including phenoxy) is 1. The number of carbonyl (C=O) groups is 2. The number of aryl methyl sites for hydroxylation is 1. The largest absolute Gasteiger partial charge is 0.422 e. The van der Waals surface area contributed by atoms with Gasteiger partial charge in [0.25, 0.3) is 10.0 Å². The monoisotopic (exact) mass is 444 g/mol. The van der Waals surface area contributed by atoms with E-state index in [1.54, 1.807) is 13.8 Å². The minimum Gasteiger partial charge on any atom is -0.422 e. The second-order valence-corrected chi connectivity index (χ2v) is 8.91. The van der Waals surface area contributed by atoms with E-state index < -0.39 is 26.7 Å². The zero-order valence-corrected chi connectivity index (χ0v) is 18.2. The van der Waals surface area contributed by atoms with Crippen molar-refractivity contribution < 1.29 is 27.1 Å². The van der Waals surface area contributed by atoms with Crippen molar-refractivity contribution in [2.24, 2.45) is 0 Å². The van der Waals surface area contributed by atoms with Gasteiger partial charge in [-0.2, -0.15) is 0 Å². The first-order valence-corrected chi connectivity index (χ1v) is 10.7. The number of halogens is 1. The molecule has 0 radical (unpaired) electrons. The number of rotatable bonds is 6. The Kier molecular flexibility index (Phi) is 5.99. The topological polar surface area (TPSA) is 96.5 Å². The number of nitrogens with zero attached hydrogens (tertiary/aromatic N) is 1. The number of Topliss-reactive ketones (excluding diaryl/α,β-unsaturated/α-hetero) is 1. The third kappa shape index (κ3) is 4.22. The maximum atomic E-state index is 14.0. The summed E-state index contributed by atoms with van der Waals surface area (Å²) in [5.74, 6) is -1.50. The Morgan fingerprint density at radius 3 is 2.19 bits per heavy atom. The predicted molar refractivity (Wildman–Crippen MR) is 114 cm³/mol. The average molecular weight is 444 g/mol. The van der Waals surface area contributed by atoms with Crippen molar-refractivity contribution >= 4 is 27.5 Å². The van der Waals surface area contributed by atoms with Crippen molar-refractivity contribution in [1.82, 2.24) is 4.98 Å². The van der Waals surface area contributed by atoms with Gasteiger partial charge >= 0.3 is 5.97 Å². The molecule has 0 unspecified atom stereocenters. The van der Waals surface area contributed by atoms with Gasteiger partial charge in [0.1, 0.15) is 22.2 Å². The highest BCUT2D eigenvalue weighted by Gasteiger charge is 2.25. The lowest BCUT2D eigenvalue weighted by Crippen LogP contribution is -2.27. The molecule has 0 saturated heterocycles. The molecule has 1 heterocycles. The first-order chi connectivity index (χ1) is 14.5. The van der Waals surface area contributed by atoms with Crippen LogP contribution in [0.1, 0.15) is 39.0 Å². The van der Waals surface area contributed by atoms with Crippen LogP contribution in [0.5, 0.6) is 5.75 Å². The Labute approximate surface area is 179 Å². The van der Waals surface area contributed by atoms with Crippen LogP contribution in [0.25, 0.3) is 0 Å². The molecule has 0 spiro atoms. The minimum absolute atomic E-state index is 0.159. The maximum Gasteiger partial charge on any atom is 0.360 e. The van der Waals surface area contributed by atoms with E-state index in [4.69, 9.17) is 4.74 Å². The molecule has 0 aliphatic rings. The number of hydrogen-bond acceptors (Lipinski definition) is 5. The van der Waals surface area contributed by atoms with Gasteiger partial charge in [-0.05, 0) is 62.7 Å². The Morgan fingerprint density at radius 1 is 1.03 bits per heavy atom. The molecule has 31 heavy (non-hydrogen) atoms. The van der Waals surface area contributed by atoms with Crippen LogP contribution in [0.15, 0.2) is 53.4 Å². The Morgan fingerprint density at radius 2 is 1.65 bits per heavy atom. The molecular weight excluding hydrogens is 423 g/mol. The van der Waals surface area contributed by atoms with Gasteiger partial charge < -0.3 is 9.72 Å². The van der Waals surface area contributed by atoms with Crippen LogP contribution >= 0.6 is 0 Å². The number of carbonyl (C=O) groups excluding carboxylic acids is 2. The van der Waals surface area contributed by atoms with E-state index in [9.17, 15) is 22.4 Å². The molecule has 0 aliphatic carbocycles. The van der Waals surface area contributed by atoms with Gasteiger partial charge in [-0.15, -0.1) is 0 Å². The van der Waals surface area contributed by atoms with Gasteiger partial charge in [0.05, 0.1) is 5.69 Å². The minimum atomic E-state index is -4.10. The molecular formula is C22H21FN2O5S. The zero-order chi connectivity index (χ0) is 22.9. The second-order valence-electron chi connectivity index (χ2n) is 6.97. The van der Waals surface area contributed by atoms with Crippen molar-refractivity contribution in [3.05, 3.63) is 76.9 Å². The van der Waals surface area contributed by atoms with Crippen LogP contribution in [0.3, 0.4) is 0 Å². The van der Waals surface area contributed by atoms with Crippen LogP contribution in [-0.2, 0) is 10.0 Å². The quantitative estimate of drug-likeness (QED) is 0.352. The zero-order valence-electron chi connectivity index (χ0n) is 17.4. The Bertz CT molecular complexity index is 1260. The molecule has 9 heteroatoms. The number of ketones is 1. The normalized spacial score (nSPS) is 11.3. The third-order valence-corrected chi connectivity index (χ3v) is 6.70. The van der Waals surface area contributed by atoms with E-state index >= 15 is 0 Å². The molecule has 7 nitrogen and oxygen atoms in total. The summed E-state index contributed by atoms with van der Waals surface area (Å²) in [7, 11) is -2.80. The van der Waals surface area contributed by atoms with Crippen LogP contribution in [0.4, 0.5) is 10.1 Å². The molecule has 3 aromatic rings. The van der Waals surface area contributed by atoms with E-state index in [1.807, 2.05) is 0 Å². The molecule has 2 aromatic carbocycles. The van der Waals surface area contributed by atoms with Gasteiger partial charge in [0, 0.05) is 18.3 Å². The number of sulfonamides is 1. The van der Waals surface area contributed by atoms with E-state index in [0.29, 0.717) is 16.8 Å². The number of esters is 1. The smallest absolute Gasteiger partial charge is 0.360 e. The summed E-state index contributed by atoms with van der Waals surface area (Å²) in [5, 5.41) is 0. The SMILES string of the molecule is CC(=O)c1c(C)[nH]c(C(=O)Oc2ccc(N(C)S(=O)(=O)c3ccccc3F)cc2)c1C. The molecule has 0 atom stereocenters. The van der Waals surface area contributed by atoms with E-state index in [2.05, 4.69) is 4.98 Å². The summed E-state index contributed by atoms with van der Waals surface area (Å²) in [4.78, 5) is 26.7. The first-order valence-electron chi connectivity index (χ1n) is 9.30. The lowest BCUT2D eigenvalue weighted by molar-refractivity contribution is 0.0728. The van der Waals surface area contributed by atoms with Crippen LogP contribution < -0.4 is 9.04 Å². The lowest BCUT2D eigenvalue weighted by atomic mass is 10.1. The second kappa shape index (κ2) is 8.35. The molecule has 0 bridgehead atoms. The van der Waals surface area contributed by atoms with Crippen LogP contribution in [0, 0.1) is 19.7 Å². The van der Waals surface area contributed by atoms with Gasteiger partial charge in [-0.3, -0.25) is 9.10 Å². The van der Waals surface area contributed by atoms with Gasteiger partial charge in [0.15, 0.2) is 5.78 Å².